The number of hydrogen-bond acceptors (Lipinski definition) is 10. The molecule has 0 unspecified atom stereocenters. The van der Waals surface area contributed by atoms with Gasteiger partial charge >= 0.3 is 0 Å². The summed E-state index contributed by atoms with van der Waals surface area (Å²) in [5, 5.41) is 7.47. The average Bonchev–Trinajstić information content (AvgIpc) is 2.72. The van der Waals surface area contributed by atoms with Gasteiger partial charge in [0.25, 0.3) is 0 Å². The summed E-state index contributed by atoms with van der Waals surface area (Å²) in [7, 11) is 0. The van der Waals surface area contributed by atoms with Crippen LogP contribution in [0.1, 0.15) is 0 Å². The van der Waals surface area contributed by atoms with Crippen molar-refractivity contribution in [2.45, 2.75) is 5.16 Å². The molecule has 2 aliphatic rings. The maximum Gasteiger partial charge on any atom is 0.191 e. The third-order valence-corrected chi connectivity index (χ3v) is 5.30. The van der Waals surface area contributed by atoms with Gasteiger partial charge in [-0.05, 0) is 6.26 Å². The molecule has 1 aromatic heterocycles. The molecular formula is C17H31N7O2S. The van der Waals surface area contributed by atoms with Crippen molar-refractivity contribution < 1.29 is 9.47 Å². The molecule has 0 bridgehead atoms. The lowest BCUT2D eigenvalue weighted by Gasteiger charge is -2.27. The summed E-state index contributed by atoms with van der Waals surface area (Å²) in [5.41, 5.74) is 6.90. The van der Waals surface area contributed by atoms with Crippen LogP contribution in [0.3, 0.4) is 0 Å². The Balaban J connectivity index is 1.52. The number of aromatic nitrogens is 2. The number of anilines is 3. The van der Waals surface area contributed by atoms with E-state index in [2.05, 4.69) is 30.4 Å². The first kappa shape index (κ1) is 20.4. The van der Waals surface area contributed by atoms with Crippen molar-refractivity contribution in [3.8, 4) is 0 Å². The van der Waals surface area contributed by atoms with Crippen molar-refractivity contribution in [2.24, 2.45) is 0 Å². The zero-order valence-corrected chi connectivity index (χ0v) is 16.9. The van der Waals surface area contributed by atoms with Crippen LogP contribution in [-0.4, -0.2) is 105 Å². The second kappa shape index (κ2) is 10.9. The summed E-state index contributed by atoms with van der Waals surface area (Å²) in [5.74, 6) is 1.41. The Labute approximate surface area is 165 Å². The summed E-state index contributed by atoms with van der Waals surface area (Å²) in [6.45, 7) is 10.6. The summed E-state index contributed by atoms with van der Waals surface area (Å²) >= 11 is 1.52. The summed E-state index contributed by atoms with van der Waals surface area (Å²) in [4.78, 5) is 13.8. The normalized spacial score (nSPS) is 19.1. The number of nitrogens with zero attached hydrogens (tertiary/aromatic N) is 4. The van der Waals surface area contributed by atoms with Crippen molar-refractivity contribution in [3.05, 3.63) is 0 Å². The summed E-state index contributed by atoms with van der Waals surface area (Å²) in [6, 6.07) is 0. The Morgan fingerprint density at radius 1 is 0.889 bits per heavy atom. The lowest BCUT2D eigenvalue weighted by Crippen LogP contribution is -2.39. The van der Waals surface area contributed by atoms with Gasteiger partial charge in [0, 0.05) is 52.4 Å². The Bertz CT molecular complexity index is 535. The molecule has 0 aliphatic carbocycles. The number of nitrogens with two attached hydrogens (primary N) is 1. The van der Waals surface area contributed by atoms with E-state index in [-0.39, 0.29) is 0 Å². The molecule has 152 valence electrons. The standard InChI is InChI=1S/C17H31N7O2S/c1-27-17-21-15(19-2-4-23-6-10-25-11-7-23)14(18)16(22-17)20-3-5-24-8-12-26-13-9-24/h2-13,18H2,1H3,(H2,19,20,21,22). The maximum absolute atomic E-state index is 6.32. The van der Waals surface area contributed by atoms with E-state index >= 15 is 0 Å². The van der Waals surface area contributed by atoms with Gasteiger partial charge in [0.15, 0.2) is 16.8 Å². The molecule has 27 heavy (non-hydrogen) atoms. The molecule has 0 saturated carbocycles. The van der Waals surface area contributed by atoms with Gasteiger partial charge < -0.3 is 25.8 Å². The highest BCUT2D eigenvalue weighted by atomic mass is 32.2. The van der Waals surface area contributed by atoms with Crippen LogP contribution in [0.2, 0.25) is 0 Å². The molecule has 2 fully saturated rings. The molecule has 9 nitrogen and oxygen atoms in total. The third kappa shape index (κ3) is 6.35. The predicted molar refractivity (Wildman–Crippen MR) is 110 cm³/mol. The smallest absolute Gasteiger partial charge is 0.191 e. The van der Waals surface area contributed by atoms with Gasteiger partial charge in [-0.3, -0.25) is 9.80 Å². The Morgan fingerprint density at radius 2 is 1.33 bits per heavy atom. The van der Waals surface area contributed by atoms with Crippen LogP contribution < -0.4 is 16.4 Å². The third-order valence-electron chi connectivity index (χ3n) is 4.76. The van der Waals surface area contributed by atoms with Crippen LogP contribution in [-0.2, 0) is 9.47 Å². The fraction of sp³-hybridized carbons (Fsp3) is 0.765. The largest absolute Gasteiger partial charge is 0.393 e. The Morgan fingerprint density at radius 3 is 1.74 bits per heavy atom. The van der Waals surface area contributed by atoms with E-state index in [4.69, 9.17) is 15.2 Å². The van der Waals surface area contributed by atoms with Crippen molar-refractivity contribution in [2.75, 3.05) is 101 Å². The van der Waals surface area contributed by atoms with E-state index in [1.165, 1.54) is 11.8 Å². The van der Waals surface area contributed by atoms with Gasteiger partial charge in [-0.1, -0.05) is 11.8 Å². The van der Waals surface area contributed by atoms with E-state index in [9.17, 15) is 0 Å². The van der Waals surface area contributed by atoms with E-state index in [0.29, 0.717) is 22.5 Å². The number of ether oxygens (including phenoxy) is 2. The van der Waals surface area contributed by atoms with Gasteiger partial charge in [-0.25, -0.2) is 9.97 Å². The molecule has 10 heteroatoms. The van der Waals surface area contributed by atoms with E-state index < -0.39 is 0 Å². The molecule has 3 rings (SSSR count). The van der Waals surface area contributed by atoms with Gasteiger partial charge in [0.05, 0.1) is 26.4 Å². The van der Waals surface area contributed by atoms with Gasteiger partial charge in [-0.15, -0.1) is 0 Å². The fourth-order valence-corrected chi connectivity index (χ4v) is 3.49. The van der Waals surface area contributed by atoms with Crippen LogP contribution in [0.15, 0.2) is 5.16 Å². The van der Waals surface area contributed by atoms with Gasteiger partial charge in [-0.2, -0.15) is 0 Å². The molecule has 2 aliphatic heterocycles. The highest BCUT2D eigenvalue weighted by Crippen LogP contribution is 2.26. The molecule has 0 spiro atoms. The molecular weight excluding hydrogens is 366 g/mol. The monoisotopic (exact) mass is 397 g/mol. The number of nitrogen functional groups attached to an aromatic ring is 1. The van der Waals surface area contributed by atoms with E-state index in [0.717, 1.165) is 78.8 Å². The molecule has 0 radical (unpaired) electrons. The van der Waals surface area contributed by atoms with E-state index in [1.54, 1.807) is 0 Å². The fourth-order valence-electron chi connectivity index (χ4n) is 3.12. The van der Waals surface area contributed by atoms with Crippen molar-refractivity contribution in [3.63, 3.8) is 0 Å². The molecule has 0 atom stereocenters. The SMILES string of the molecule is CSc1nc(NCCN2CCOCC2)c(N)c(NCCN2CCOCC2)n1. The Kier molecular flexibility index (Phi) is 8.21. The predicted octanol–water partition coefficient (Wildman–Crippen LogP) is 0.269. The topological polar surface area (TPSA) is 101 Å². The Hall–Kier alpha value is -1.33. The number of rotatable bonds is 9. The zero-order chi connectivity index (χ0) is 18.9. The van der Waals surface area contributed by atoms with Crippen LogP contribution in [0.25, 0.3) is 0 Å². The van der Waals surface area contributed by atoms with Crippen LogP contribution in [0.4, 0.5) is 17.3 Å². The molecule has 0 amide bonds. The summed E-state index contributed by atoms with van der Waals surface area (Å²) < 4.78 is 10.8. The molecule has 2 saturated heterocycles. The van der Waals surface area contributed by atoms with E-state index in [1.807, 2.05) is 6.26 Å². The minimum absolute atomic E-state index is 0.580. The molecule has 1 aromatic rings. The highest BCUT2D eigenvalue weighted by Gasteiger charge is 2.14. The molecule has 4 N–H and O–H groups in total. The first-order valence-electron chi connectivity index (χ1n) is 9.55. The van der Waals surface area contributed by atoms with Crippen LogP contribution in [0.5, 0.6) is 0 Å². The van der Waals surface area contributed by atoms with Crippen molar-refractivity contribution >= 4 is 29.1 Å². The number of thioether (sulfide) groups is 1. The van der Waals surface area contributed by atoms with Gasteiger partial charge in [0.2, 0.25) is 0 Å². The number of hydrogen-bond donors (Lipinski definition) is 3. The lowest BCUT2D eigenvalue weighted by molar-refractivity contribution is 0.0398. The first-order valence-corrected chi connectivity index (χ1v) is 10.8. The quantitative estimate of drug-likeness (QED) is 0.397. The minimum Gasteiger partial charge on any atom is -0.393 e. The number of morpholine rings is 2. The average molecular weight is 398 g/mol. The highest BCUT2D eigenvalue weighted by molar-refractivity contribution is 7.98. The van der Waals surface area contributed by atoms with Crippen molar-refractivity contribution in [1.82, 2.24) is 19.8 Å². The first-order chi connectivity index (χ1) is 13.3. The maximum atomic E-state index is 6.32. The minimum atomic E-state index is 0.580. The molecule has 3 heterocycles. The number of nitrogens with one attached hydrogen (secondary N) is 2. The lowest BCUT2D eigenvalue weighted by atomic mass is 10.3. The van der Waals surface area contributed by atoms with Crippen molar-refractivity contribution in [1.29, 1.82) is 0 Å². The zero-order valence-electron chi connectivity index (χ0n) is 16.1. The van der Waals surface area contributed by atoms with Gasteiger partial charge in [0.1, 0.15) is 5.69 Å². The summed E-state index contributed by atoms with van der Waals surface area (Å²) in [6.07, 6.45) is 1.97. The second-order valence-corrected chi connectivity index (χ2v) is 7.36. The van der Waals surface area contributed by atoms with Crippen LogP contribution in [0, 0.1) is 0 Å². The van der Waals surface area contributed by atoms with Crippen LogP contribution >= 0.6 is 11.8 Å². The molecule has 0 aromatic carbocycles. The second-order valence-electron chi connectivity index (χ2n) is 6.58.